The molecule has 4 aromatic rings. The lowest BCUT2D eigenvalue weighted by Crippen LogP contribution is -2.12. The number of anilines is 1. The van der Waals surface area contributed by atoms with Crippen LogP contribution in [0.3, 0.4) is 0 Å². The number of ether oxygens (including phenoxy) is 1. The molecule has 2 heterocycles. The maximum absolute atomic E-state index is 12.8. The van der Waals surface area contributed by atoms with Gasteiger partial charge in [0.05, 0.1) is 11.5 Å². The number of hydrogen-bond donors (Lipinski definition) is 1. The standard InChI is InChI=1S/C22H21N3O3S2/c1-2-3-14-28-18-9-11-19(12-10-18)30(26,27)25-17-7-4-6-16(15-17)21-24-20-8-5-13-23-22(20)29-21/h4-13,15,25H,2-3,14H2,1H3. The third kappa shape index (κ3) is 4.60. The molecule has 6 nitrogen and oxygen atoms in total. The van der Waals surface area contributed by atoms with E-state index in [2.05, 4.69) is 21.6 Å². The number of nitrogens with zero attached hydrogens (tertiary/aromatic N) is 2. The Kier molecular flexibility index (Phi) is 5.96. The van der Waals surface area contributed by atoms with Crippen molar-refractivity contribution in [2.45, 2.75) is 24.7 Å². The lowest BCUT2D eigenvalue weighted by atomic mass is 10.2. The average molecular weight is 440 g/mol. The van der Waals surface area contributed by atoms with Crippen molar-refractivity contribution in [3.05, 3.63) is 66.9 Å². The van der Waals surface area contributed by atoms with Gasteiger partial charge in [-0.3, -0.25) is 4.72 Å². The Balaban J connectivity index is 1.52. The molecule has 0 aliphatic carbocycles. The molecule has 8 heteroatoms. The quantitative estimate of drug-likeness (QED) is 0.375. The van der Waals surface area contributed by atoms with E-state index in [1.54, 1.807) is 48.7 Å². The zero-order valence-corrected chi connectivity index (χ0v) is 18.0. The molecule has 0 saturated carbocycles. The van der Waals surface area contributed by atoms with Crippen molar-refractivity contribution in [1.82, 2.24) is 9.97 Å². The minimum absolute atomic E-state index is 0.180. The summed E-state index contributed by atoms with van der Waals surface area (Å²) in [4.78, 5) is 9.92. The van der Waals surface area contributed by atoms with Crippen LogP contribution in [0.1, 0.15) is 19.8 Å². The van der Waals surface area contributed by atoms with E-state index < -0.39 is 10.0 Å². The lowest BCUT2D eigenvalue weighted by Gasteiger charge is -2.10. The molecule has 0 atom stereocenters. The van der Waals surface area contributed by atoms with Crippen LogP contribution in [0, 0.1) is 0 Å². The maximum Gasteiger partial charge on any atom is 0.261 e. The number of rotatable bonds is 8. The number of benzene rings is 2. The summed E-state index contributed by atoms with van der Waals surface area (Å²) in [5.41, 5.74) is 2.13. The highest BCUT2D eigenvalue weighted by Crippen LogP contribution is 2.30. The van der Waals surface area contributed by atoms with Gasteiger partial charge < -0.3 is 4.74 Å². The van der Waals surface area contributed by atoms with Crippen LogP contribution in [-0.2, 0) is 10.0 Å². The first-order valence-corrected chi connectivity index (χ1v) is 11.9. The minimum atomic E-state index is -3.71. The van der Waals surface area contributed by atoms with E-state index in [0.29, 0.717) is 18.0 Å². The Morgan fingerprint density at radius 2 is 1.90 bits per heavy atom. The van der Waals surface area contributed by atoms with Gasteiger partial charge in [0.1, 0.15) is 21.1 Å². The zero-order valence-electron chi connectivity index (χ0n) is 16.4. The molecule has 1 N–H and O–H groups in total. The SMILES string of the molecule is CCCCOc1ccc(S(=O)(=O)Nc2cccc(-c3nc4cccnc4s3)c2)cc1. The van der Waals surface area contributed by atoms with E-state index in [1.165, 1.54) is 11.3 Å². The Morgan fingerprint density at radius 3 is 2.67 bits per heavy atom. The summed E-state index contributed by atoms with van der Waals surface area (Å²) >= 11 is 1.47. The molecule has 2 aromatic carbocycles. The second-order valence-electron chi connectivity index (χ2n) is 6.71. The lowest BCUT2D eigenvalue weighted by molar-refractivity contribution is 0.309. The molecule has 2 aromatic heterocycles. The van der Waals surface area contributed by atoms with Crippen LogP contribution in [-0.4, -0.2) is 25.0 Å². The number of fused-ring (bicyclic) bond motifs is 1. The number of sulfonamides is 1. The first-order chi connectivity index (χ1) is 14.5. The third-order valence-corrected chi connectivity index (χ3v) is 6.85. The third-order valence-electron chi connectivity index (χ3n) is 4.43. The average Bonchev–Trinajstić information content (AvgIpc) is 3.19. The highest BCUT2D eigenvalue weighted by Gasteiger charge is 2.15. The molecule has 30 heavy (non-hydrogen) atoms. The van der Waals surface area contributed by atoms with Crippen molar-refractivity contribution < 1.29 is 13.2 Å². The number of thiazole rings is 1. The summed E-state index contributed by atoms with van der Waals surface area (Å²) in [5.74, 6) is 0.661. The summed E-state index contributed by atoms with van der Waals surface area (Å²) in [6.07, 6.45) is 3.74. The molecule has 4 rings (SSSR count). The molecule has 0 spiro atoms. The number of aromatic nitrogens is 2. The zero-order chi connectivity index (χ0) is 21.0. The van der Waals surface area contributed by atoms with Gasteiger partial charge in [-0.05, 0) is 55.0 Å². The predicted octanol–water partition coefficient (Wildman–Crippen LogP) is 5.34. The molecule has 0 aliphatic heterocycles. The Morgan fingerprint density at radius 1 is 1.07 bits per heavy atom. The molecule has 0 aliphatic rings. The van der Waals surface area contributed by atoms with Gasteiger partial charge >= 0.3 is 0 Å². The van der Waals surface area contributed by atoms with E-state index in [0.717, 1.165) is 33.8 Å². The van der Waals surface area contributed by atoms with Crippen LogP contribution >= 0.6 is 11.3 Å². The molecule has 0 amide bonds. The summed E-state index contributed by atoms with van der Waals surface area (Å²) in [5, 5.41) is 0.790. The van der Waals surface area contributed by atoms with Gasteiger partial charge in [0.15, 0.2) is 0 Å². The van der Waals surface area contributed by atoms with Gasteiger partial charge in [0.25, 0.3) is 10.0 Å². The second-order valence-corrected chi connectivity index (χ2v) is 9.37. The van der Waals surface area contributed by atoms with Crippen molar-refractivity contribution >= 4 is 37.4 Å². The monoisotopic (exact) mass is 439 g/mol. The Labute approximate surface area is 179 Å². The van der Waals surface area contributed by atoms with E-state index in [-0.39, 0.29) is 4.90 Å². The Hall–Kier alpha value is -2.97. The summed E-state index contributed by atoms with van der Waals surface area (Å²) in [7, 11) is -3.71. The second kappa shape index (κ2) is 8.81. The number of pyridine rings is 1. The van der Waals surface area contributed by atoms with Crippen molar-refractivity contribution in [2.75, 3.05) is 11.3 Å². The van der Waals surface area contributed by atoms with Crippen LogP contribution in [0.4, 0.5) is 5.69 Å². The van der Waals surface area contributed by atoms with Crippen molar-refractivity contribution in [1.29, 1.82) is 0 Å². The topological polar surface area (TPSA) is 81.2 Å². The first kappa shape index (κ1) is 20.3. The number of nitrogens with one attached hydrogen (secondary N) is 1. The highest BCUT2D eigenvalue weighted by atomic mass is 32.2. The molecular weight excluding hydrogens is 418 g/mol. The van der Waals surface area contributed by atoms with Crippen LogP contribution in [0.25, 0.3) is 20.9 Å². The molecule has 0 unspecified atom stereocenters. The number of unbranched alkanes of at least 4 members (excludes halogenated alkanes) is 1. The summed E-state index contributed by atoms with van der Waals surface area (Å²) in [6, 6.07) is 17.4. The largest absolute Gasteiger partial charge is 0.494 e. The van der Waals surface area contributed by atoms with E-state index in [4.69, 9.17) is 4.74 Å². The first-order valence-electron chi connectivity index (χ1n) is 9.63. The minimum Gasteiger partial charge on any atom is -0.494 e. The van der Waals surface area contributed by atoms with Crippen LogP contribution < -0.4 is 9.46 Å². The van der Waals surface area contributed by atoms with Gasteiger partial charge in [0.2, 0.25) is 0 Å². The van der Waals surface area contributed by atoms with E-state index in [1.807, 2.05) is 18.2 Å². The fraction of sp³-hybridized carbons (Fsp3) is 0.182. The van der Waals surface area contributed by atoms with Crippen LogP contribution in [0.5, 0.6) is 5.75 Å². The van der Waals surface area contributed by atoms with Crippen molar-refractivity contribution in [3.8, 4) is 16.3 Å². The normalized spacial score (nSPS) is 11.5. The van der Waals surface area contributed by atoms with Gasteiger partial charge in [-0.25, -0.2) is 18.4 Å². The maximum atomic E-state index is 12.8. The molecule has 154 valence electrons. The van der Waals surface area contributed by atoms with Gasteiger partial charge in [-0.2, -0.15) is 0 Å². The van der Waals surface area contributed by atoms with Crippen LogP contribution in [0.2, 0.25) is 0 Å². The highest BCUT2D eigenvalue weighted by molar-refractivity contribution is 7.92. The Bertz CT molecular complexity index is 1220. The smallest absolute Gasteiger partial charge is 0.261 e. The van der Waals surface area contributed by atoms with Crippen molar-refractivity contribution in [3.63, 3.8) is 0 Å². The van der Waals surface area contributed by atoms with Gasteiger partial charge in [-0.15, -0.1) is 0 Å². The molecule has 0 saturated heterocycles. The molecular formula is C22H21N3O3S2. The van der Waals surface area contributed by atoms with E-state index in [9.17, 15) is 8.42 Å². The van der Waals surface area contributed by atoms with Gasteiger partial charge in [0, 0.05) is 17.4 Å². The van der Waals surface area contributed by atoms with Crippen LogP contribution in [0.15, 0.2) is 71.8 Å². The van der Waals surface area contributed by atoms with Gasteiger partial charge in [-0.1, -0.05) is 36.8 Å². The van der Waals surface area contributed by atoms with Crippen molar-refractivity contribution in [2.24, 2.45) is 0 Å². The summed E-state index contributed by atoms with van der Waals surface area (Å²) < 4.78 is 33.8. The predicted molar refractivity (Wildman–Crippen MR) is 121 cm³/mol. The molecule has 0 radical (unpaired) electrons. The molecule has 0 bridgehead atoms. The number of hydrogen-bond acceptors (Lipinski definition) is 6. The fourth-order valence-electron chi connectivity index (χ4n) is 2.87. The molecule has 0 fully saturated rings. The summed E-state index contributed by atoms with van der Waals surface area (Å²) in [6.45, 7) is 2.71. The van der Waals surface area contributed by atoms with E-state index >= 15 is 0 Å². The fourth-order valence-corrected chi connectivity index (χ4v) is 4.83.